The molecule has 3 aromatic carbocycles. The van der Waals surface area contributed by atoms with E-state index in [2.05, 4.69) is 10.0 Å². The number of benzene rings is 3. The van der Waals surface area contributed by atoms with Gasteiger partial charge < -0.3 is 10.1 Å². The van der Waals surface area contributed by atoms with Gasteiger partial charge in [0.15, 0.2) is 0 Å². The van der Waals surface area contributed by atoms with E-state index in [9.17, 15) is 8.42 Å². The Bertz CT molecular complexity index is 1110. The molecular weight excluding hydrogens is 408 g/mol. The second kappa shape index (κ2) is 9.92. The molecule has 1 unspecified atom stereocenters. The van der Waals surface area contributed by atoms with Gasteiger partial charge in [0, 0.05) is 11.4 Å². The van der Waals surface area contributed by atoms with E-state index in [1.807, 2.05) is 67.6 Å². The van der Waals surface area contributed by atoms with Crippen molar-refractivity contribution >= 4 is 20.8 Å². The minimum Gasteiger partial charge on any atom is -0.375 e. The summed E-state index contributed by atoms with van der Waals surface area (Å²) >= 11 is 0. The summed E-state index contributed by atoms with van der Waals surface area (Å²) < 4.78 is 35.9. The van der Waals surface area contributed by atoms with Crippen molar-refractivity contribution < 1.29 is 13.2 Å². The standard InChI is InChI=1S/C25H30N2O3S/c1-19-11-12-25(23-10-6-5-9-22(19)23)31(28,29)27-24(21-13-15-26-16-14-21)18-30-17-20-7-3-2-4-8-20/h2-12,21,24,26-27H,13-18H2,1H3. The average Bonchev–Trinajstić information content (AvgIpc) is 2.80. The normalized spacial score (nSPS) is 16.4. The average molecular weight is 439 g/mol. The van der Waals surface area contributed by atoms with E-state index in [0.29, 0.717) is 18.1 Å². The topological polar surface area (TPSA) is 67.4 Å². The molecule has 0 bridgehead atoms. The van der Waals surface area contributed by atoms with Gasteiger partial charge in [0.2, 0.25) is 10.0 Å². The van der Waals surface area contributed by atoms with Crippen molar-refractivity contribution in [1.29, 1.82) is 0 Å². The lowest BCUT2D eigenvalue weighted by Crippen LogP contribution is -2.46. The summed E-state index contributed by atoms with van der Waals surface area (Å²) in [6.07, 6.45) is 1.85. The van der Waals surface area contributed by atoms with Gasteiger partial charge in [-0.1, -0.05) is 60.7 Å². The Morgan fingerprint density at radius 1 is 0.968 bits per heavy atom. The number of nitrogens with one attached hydrogen (secondary N) is 2. The lowest BCUT2D eigenvalue weighted by Gasteiger charge is -2.31. The molecule has 0 saturated carbocycles. The highest BCUT2D eigenvalue weighted by molar-refractivity contribution is 7.89. The third-order valence-electron chi connectivity index (χ3n) is 6.06. The van der Waals surface area contributed by atoms with Gasteiger partial charge in [-0.25, -0.2) is 13.1 Å². The number of ether oxygens (including phenoxy) is 1. The van der Waals surface area contributed by atoms with E-state index in [1.165, 1.54) is 0 Å². The van der Waals surface area contributed by atoms with Gasteiger partial charge in [0.05, 0.1) is 18.1 Å². The van der Waals surface area contributed by atoms with Gasteiger partial charge in [-0.2, -0.15) is 0 Å². The smallest absolute Gasteiger partial charge is 0.241 e. The Kier molecular flexibility index (Phi) is 7.02. The van der Waals surface area contributed by atoms with Crippen molar-refractivity contribution in [3.63, 3.8) is 0 Å². The maximum absolute atomic E-state index is 13.5. The Labute approximate surface area is 184 Å². The second-order valence-electron chi connectivity index (χ2n) is 8.24. The molecule has 1 fully saturated rings. The van der Waals surface area contributed by atoms with Gasteiger partial charge in [-0.15, -0.1) is 0 Å². The van der Waals surface area contributed by atoms with Crippen LogP contribution >= 0.6 is 0 Å². The monoisotopic (exact) mass is 438 g/mol. The van der Waals surface area contributed by atoms with E-state index < -0.39 is 10.0 Å². The van der Waals surface area contributed by atoms with Gasteiger partial charge >= 0.3 is 0 Å². The third-order valence-corrected chi connectivity index (χ3v) is 7.61. The first kappa shape index (κ1) is 22.0. The SMILES string of the molecule is Cc1ccc(S(=O)(=O)NC(COCc2ccccc2)C2CCNCC2)c2ccccc12. The van der Waals surface area contributed by atoms with Crippen LogP contribution in [0.5, 0.6) is 0 Å². The lowest BCUT2D eigenvalue weighted by molar-refractivity contribution is 0.0825. The molecule has 4 rings (SSSR count). The van der Waals surface area contributed by atoms with Crippen molar-refractivity contribution in [2.45, 2.75) is 37.3 Å². The molecule has 1 saturated heterocycles. The maximum Gasteiger partial charge on any atom is 0.241 e. The van der Waals surface area contributed by atoms with Crippen molar-refractivity contribution in [2.75, 3.05) is 19.7 Å². The van der Waals surface area contributed by atoms with Crippen LogP contribution in [0.15, 0.2) is 71.6 Å². The Balaban J connectivity index is 1.56. The molecule has 3 aromatic rings. The van der Waals surface area contributed by atoms with Crippen LogP contribution in [-0.4, -0.2) is 34.2 Å². The quantitative estimate of drug-likeness (QED) is 0.558. The van der Waals surface area contributed by atoms with E-state index in [-0.39, 0.29) is 12.0 Å². The first-order chi connectivity index (χ1) is 15.0. The highest BCUT2D eigenvalue weighted by Crippen LogP contribution is 2.27. The van der Waals surface area contributed by atoms with Gasteiger partial charge in [0.25, 0.3) is 0 Å². The summed E-state index contributed by atoms with van der Waals surface area (Å²) in [5.74, 6) is 0.239. The molecule has 164 valence electrons. The molecule has 0 amide bonds. The Morgan fingerprint density at radius 3 is 2.39 bits per heavy atom. The molecule has 1 aliphatic heterocycles. The Morgan fingerprint density at radius 2 is 1.65 bits per heavy atom. The largest absolute Gasteiger partial charge is 0.375 e. The molecule has 5 nitrogen and oxygen atoms in total. The number of piperidine rings is 1. The van der Waals surface area contributed by atoms with Crippen LogP contribution in [0, 0.1) is 12.8 Å². The molecule has 1 aliphatic rings. The first-order valence-electron chi connectivity index (χ1n) is 10.9. The summed E-state index contributed by atoms with van der Waals surface area (Å²) in [6, 6.07) is 21.0. The van der Waals surface area contributed by atoms with Crippen LogP contribution in [0.25, 0.3) is 10.8 Å². The number of fused-ring (bicyclic) bond motifs is 1. The van der Waals surface area contributed by atoms with Crippen LogP contribution < -0.4 is 10.0 Å². The number of hydrogen-bond acceptors (Lipinski definition) is 4. The van der Waals surface area contributed by atoms with Crippen LogP contribution in [0.4, 0.5) is 0 Å². The van der Waals surface area contributed by atoms with E-state index in [4.69, 9.17) is 4.74 Å². The van der Waals surface area contributed by atoms with Crippen molar-refractivity contribution in [2.24, 2.45) is 5.92 Å². The number of rotatable bonds is 8. The predicted octanol–water partition coefficient (Wildman–Crippen LogP) is 4.01. The molecule has 6 heteroatoms. The summed E-state index contributed by atoms with van der Waals surface area (Å²) in [7, 11) is -3.70. The molecular formula is C25H30N2O3S. The van der Waals surface area contributed by atoms with Crippen LogP contribution in [-0.2, 0) is 21.4 Å². The molecule has 0 aromatic heterocycles. The summed E-state index contributed by atoms with van der Waals surface area (Å²) in [5.41, 5.74) is 2.15. The molecule has 1 heterocycles. The maximum atomic E-state index is 13.5. The van der Waals surface area contributed by atoms with Gasteiger partial charge in [-0.3, -0.25) is 0 Å². The summed E-state index contributed by atoms with van der Waals surface area (Å²) in [4.78, 5) is 0.329. The van der Waals surface area contributed by atoms with Crippen LogP contribution in [0.3, 0.4) is 0 Å². The fourth-order valence-electron chi connectivity index (χ4n) is 4.31. The fraction of sp³-hybridized carbons (Fsp3) is 0.360. The van der Waals surface area contributed by atoms with Crippen molar-refractivity contribution in [3.8, 4) is 0 Å². The number of hydrogen-bond donors (Lipinski definition) is 2. The van der Waals surface area contributed by atoms with Gasteiger partial charge in [0.1, 0.15) is 0 Å². The van der Waals surface area contributed by atoms with E-state index in [1.54, 1.807) is 6.07 Å². The lowest BCUT2D eigenvalue weighted by atomic mass is 9.91. The fourth-order valence-corrected chi connectivity index (χ4v) is 5.81. The van der Waals surface area contributed by atoms with Crippen molar-refractivity contribution in [1.82, 2.24) is 10.0 Å². The molecule has 31 heavy (non-hydrogen) atoms. The predicted molar refractivity (Wildman–Crippen MR) is 124 cm³/mol. The molecule has 0 aliphatic carbocycles. The second-order valence-corrected chi connectivity index (χ2v) is 9.92. The molecule has 0 spiro atoms. The molecule has 0 radical (unpaired) electrons. The Hall–Kier alpha value is -2.25. The first-order valence-corrected chi connectivity index (χ1v) is 12.4. The van der Waals surface area contributed by atoms with Gasteiger partial charge in [-0.05, 0) is 61.4 Å². The minimum atomic E-state index is -3.70. The third kappa shape index (κ3) is 5.33. The minimum absolute atomic E-state index is 0.239. The zero-order valence-electron chi connectivity index (χ0n) is 17.9. The highest BCUT2D eigenvalue weighted by atomic mass is 32.2. The number of aryl methyl sites for hydroxylation is 1. The van der Waals surface area contributed by atoms with Crippen LogP contribution in [0.2, 0.25) is 0 Å². The summed E-state index contributed by atoms with van der Waals surface area (Å²) in [6.45, 7) is 4.62. The zero-order chi connectivity index (χ0) is 21.7. The van der Waals surface area contributed by atoms with Crippen molar-refractivity contribution in [3.05, 3.63) is 77.9 Å². The molecule has 1 atom stereocenters. The van der Waals surface area contributed by atoms with E-state index >= 15 is 0 Å². The zero-order valence-corrected chi connectivity index (χ0v) is 18.7. The van der Waals surface area contributed by atoms with E-state index in [0.717, 1.165) is 47.8 Å². The van der Waals surface area contributed by atoms with Crippen LogP contribution in [0.1, 0.15) is 24.0 Å². The number of sulfonamides is 1. The molecule has 2 N–H and O–H groups in total. The summed E-state index contributed by atoms with van der Waals surface area (Å²) in [5, 5.41) is 5.07. The highest BCUT2D eigenvalue weighted by Gasteiger charge is 2.29.